The maximum absolute atomic E-state index is 12.5. The molecule has 0 bridgehead atoms. The van der Waals surface area contributed by atoms with Gasteiger partial charge in [-0.1, -0.05) is 6.42 Å². The summed E-state index contributed by atoms with van der Waals surface area (Å²) in [6.45, 7) is 0. The minimum absolute atomic E-state index is 0.00721. The van der Waals surface area contributed by atoms with Crippen molar-refractivity contribution in [3.8, 4) is 0 Å². The molecule has 3 aliphatic rings. The van der Waals surface area contributed by atoms with Crippen molar-refractivity contribution in [2.75, 3.05) is 11.5 Å². The van der Waals surface area contributed by atoms with Gasteiger partial charge >= 0.3 is 5.97 Å². The van der Waals surface area contributed by atoms with E-state index in [1.54, 1.807) is 0 Å². The molecule has 1 N–H and O–H groups in total. The van der Waals surface area contributed by atoms with E-state index < -0.39 is 21.4 Å². The highest BCUT2D eigenvalue weighted by Crippen LogP contribution is 2.44. The van der Waals surface area contributed by atoms with Crippen molar-refractivity contribution in [2.24, 2.45) is 5.92 Å². The molecule has 1 saturated carbocycles. The van der Waals surface area contributed by atoms with E-state index in [2.05, 4.69) is 5.32 Å². The van der Waals surface area contributed by atoms with Crippen LogP contribution in [-0.4, -0.2) is 43.4 Å². The first-order valence-corrected chi connectivity index (χ1v) is 9.45. The van der Waals surface area contributed by atoms with Crippen LogP contribution in [0, 0.1) is 5.92 Å². The lowest BCUT2D eigenvalue weighted by molar-refractivity contribution is -0.153. The molecule has 2 saturated heterocycles. The number of hydrogen-bond donors (Lipinski definition) is 1. The standard InChI is InChI=1S/C14H21NO5S/c16-12-8-11(14(20-12)5-2-1-3-6-14)13(17)15-10-4-7-21(18,19)9-10/h10-11H,1-9H2,(H,15,17)/t10-,11+/m1/s1. The second-order valence-corrected chi connectivity index (χ2v) is 8.69. The summed E-state index contributed by atoms with van der Waals surface area (Å²) in [5.74, 6) is -0.856. The zero-order chi connectivity index (χ0) is 15.1. The normalized spacial score (nSPS) is 33.8. The minimum atomic E-state index is -3.02. The summed E-state index contributed by atoms with van der Waals surface area (Å²) in [5.41, 5.74) is -0.642. The maximum Gasteiger partial charge on any atom is 0.307 e. The molecular weight excluding hydrogens is 294 g/mol. The Morgan fingerprint density at radius 1 is 1.24 bits per heavy atom. The average molecular weight is 315 g/mol. The highest BCUT2D eigenvalue weighted by molar-refractivity contribution is 7.91. The number of rotatable bonds is 2. The molecule has 0 aromatic heterocycles. The molecule has 1 amide bonds. The molecule has 7 heteroatoms. The molecular formula is C14H21NO5S. The number of esters is 1. The Balaban J connectivity index is 1.69. The third-order valence-electron chi connectivity index (χ3n) is 4.92. The summed E-state index contributed by atoms with van der Waals surface area (Å²) in [6, 6.07) is -0.321. The van der Waals surface area contributed by atoms with E-state index in [-0.39, 0.29) is 35.8 Å². The number of ether oxygens (including phenoxy) is 1. The molecule has 6 nitrogen and oxygen atoms in total. The van der Waals surface area contributed by atoms with Gasteiger partial charge in [-0.15, -0.1) is 0 Å². The summed E-state index contributed by atoms with van der Waals surface area (Å²) in [7, 11) is -3.02. The number of hydrogen-bond acceptors (Lipinski definition) is 5. The molecule has 0 aromatic carbocycles. The number of carbonyl (C=O) groups is 2. The van der Waals surface area contributed by atoms with Gasteiger partial charge in [-0.25, -0.2) is 8.42 Å². The third-order valence-corrected chi connectivity index (χ3v) is 6.69. The second kappa shape index (κ2) is 5.26. The highest BCUT2D eigenvalue weighted by atomic mass is 32.2. The molecule has 1 aliphatic carbocycles. The predicted molar refractivity (Wildman–Crippen MR) is 75.2 cm³/mol. The van der Waals surface area contributed by atoms with E-state index in [1.165, 1.54) is 0 Å². The summed E-state index contributed by atoms with van der Waals surface area (Å²) in [6.07, 6.45) is 5.09. The van der Waals surface area contributed by atoms with Crippen molar-refractivity contribution in [2.45, 2.75) is 56.6 Å². The van der Waals surface area contributed by atoms with Crippen LogP contribution in [0.2, 0.25) is 0 Å². The second-order valence-electron chi connectivity index (χ2n) is 6.46. The molecule has 0 unspecified atom stereocenters. The number of carbonyl (C=O) groups excluding carboxylic acids is 2. The van der Waals surface area contributed by atoms with Crippen molar-refractivity contribution in [3.63, 3.8) is 0 Å². The van der Waals surface area contributed by atoms with Crippen LogP contribution in [0.4, 0.5) is 0 Å². The van der Waals surface area contributed by atoms with Gasteiger partial charge in [-0.3, -0.25) is 9.59 Å². The largest absolute Gasteiger partial charge is 0.458 e. The molecule has 0 radical (unpaired) electrons. The summed E-state index contributed by atoms with van der Waals surface area (Å²) >= 11 is 0. The van der Waals surface area contributed by atoms with Crippen molar-refractivity contribution in [3.05, 3.63) is 0 Å². The van der Waals surface area contributed by atoms with Gasteiger partial charge in [-0.05, 0) is 32.1 Å². The van der Waals surface area contributed by atoms with E-state index >= 15 is 0 Å². The van der Waals surface area contributed by atoms with Crippen LogP contribution in [0.5, 0.6) is 0 Å². The van der Waals surface area contributed by atoms with Crippen LogP contribution in [-0.2, 0) is 24.2 Å². The molecule has 1 spiro atoms. The predicted octanol–water partition coefficient (Wildman–Crippen LogP) is 0.556. The quantitative estimate of drug-likeness (QED) is 0.752. The van der Waals surface area contributed by atoms with Gasteiger partial charge in [-0.2, -0.15) is 0 Å². The van der Waals surface area contributed by atoms with E-state index in [4.69, 9.17) is 4.74 Å². The van der Waals surface area contributed by atoms with E-state index in [9.17, 15) is 18.0 Å². The molecule has 2 atom stereocenters. The summed E-state index contributed by atoms with van der Waals surface area (Å²) < 4.78 is 28.4. The van der Waals surface area contributed by atoms with E-state index in [0.717, 1.165) is 32.1 Å². The van der Waals surface area contributed by atoms with E-state index in [1.807, 2.05) is 0 Å². The Bertz CT molecular complexity index is 550. The van der Waals surface area contributed by atoms with Gasteiger partial charge in [0.05, 0.1) is 23.8 Å². The summed E-state index contributed by atoms with van der Waals surface area (Å²) in [5, 5.41) is 2.82. The lowest BCUT2D eigenvalue weighted by atomic mass is 9.75. The number of amides is 1. The fraction of sp³-hybridized carbons (Fsp3) is 0.857. The van der Waals surface area contributed by atoms with Gasteiger partial charge in [0.2, 0.25) is 5.91 Å². The van der Waals surface area contributed by atoms with Crippen LogP contribution < -0.4 is 5.32 Å². The molecule has 21 heavy (non-hydrogen) atoms. The number of nitrogens with one attached hydrogen (secondary N) is 1. The van der Waals surface area contributed by atoms with Crippen molar-refractivity contribution >= 4 is 21.7 Å². The van der Waals surface area contributed by atoms with Crippen LogP contribution in [0.15, 0.2) is 0 Å². The van der Waals surface area contributed by atoms with Gasteiger partial charge in [0.1, 0.15) is 5.60 Å². The average Bonchev–Trinajstić information content (AvgIpc) is 2.91. The monoisotopic (exact) mass is 315 g/mol. The highest BCUT2D eigenvalue weighted by Gasteiger charge is 2.53. The minimum Gasteiger partial charge on any atom is -0.458 e. The molecule has 2 aliphatic heterocycles. The molecule has 3 fully saturated rings. The third kappa shape index (κ3) is 2.93. The Labute approximate surface area is 124 Å². The Hall–Kier alpha value is -1.11. The fourth-order valence-corrected chi connectivity index (χ4v) is 5.51. The first-order valence-electron chi connectivity index (χ1n) is 7.63. The first kappa shape index (κ1) is 14.8. The van der Waals surface area contributed by atoms with Crippen molar-refractivity contribution in [1.29, 1.82) is 0 Å². The van der Waals surface area contributed by atoms with Gasteiger partial charge < -0.3 is 10.1 Å². The Kier molecular flexibility index (Phi) is 3.71. The van der Waals surface area contributed by atoms with Crippen LogP contribution in [0.1, 0.15) is 44.9 Å². The zero-order valence-corrected chi connectivity index (χ0v) is 12.8. The van der Waals surface area contributed by atoms with Crippen LogP contribution in [0.3, 0.4) is 0 Å². The maximum atomic E-state index is 12.5. The van der Waals surface area contributed by atoms with E-state index in [0.29, 0.717) is 6.42 Å². The SMILES string of the molecule is O=C1C[C@@H](C(=O)N[C@@H]2CCS(=O)(=O)C2)C2(CCCCC2)O1. The lowest BCUT2D eigenvalue weighted by Crippen LogP contribution is -2.48. The van der Waals surface area contributed by atoms with Crippen LogP contribution in [0.25, 0.3) is 0 Å². The van der Waals surface area contributed by atoms with Crippen molar-refractivity contribution in [1.82, 2.24) is 5.32 Å². The van der Waals surface area contributed by atoms with Crippen molar-refractivity contribution < 1.29 is 22.7 Å². The topological polar surface area (TPSA) is 89.5 Å². The first-order chi connectivity index (χ1) is 9.90. The smallest absolute Gasteiger partial charge is 0.307 e. The molecule has 118 valence electrons. The lowest BCUT2D eigenvalue weighted by Gasteiger charge is -2.36. The summed E-state index contributed by atoms with van der Waals surface area (Å²) in [4.78, 5) is 24.2. The number of sulfone groups is 1. The molecule has 2 heterocycles. The fourth-order valence-electron chi connectivity index (χ4n) is 3.84. The van der Waals surface area contributed by atoms with Gasteiger partial charge in [0, 0.05) is 6.04 Å². The molecule has 0 aromatic rings. The zero-order valence-electron chi connectivity index (χ0n) is 12.0. The van der Waals surface area contributed by atoms with Gasteiger partial charge in [0.15, 0.2) is 9.84 Å². The van der Waals surface area contributed by atoms with Gasteiger partial charge in [0.25, 0.3) is 0 Å². The Morgan fingerprint density at radius 2 is 1.95 bits per heavy atom. The molecule has 3 rings (SSSR count). The Morgan fingerprint density at radius 3 is 2.57 bits per heavy atom. The van der Waals surface area contributed by atoms with Crippen LogP contribution >= 0.6 is 0 Å².